The Morgan fingerprint density at radius 2 is 1.92 bits per heavy atom. The van der Waals surface area contributed by atoms with Gasteiger partial charge < -0.3 is 19.8 Å². The third kappa shape index (κ3) is 4.77. The molecule has 6 heteroatoms. The summed E-state index contributed by atoms with van der Waals surface area (Å²) in [5.41, 5.74) is 2.05. The molecule has 1 fully saturated rings. The van der Waals surface area contributed by atoms with Gasteiger partial charge in [-0.05, 0) is 45.6 Å². The third-order valence-electron chi connectivity index (χ3n) is 4.72. The Morgan fingerprint density at radius 3 is 2.62 bits per heavy atom. The molecular formula is C20H28N4O2. The maximum absolute atomic E-state index is 6.19. The van der Waals surface area contributed by atoms with Gasteiger partial charge in [-0.1, -0.05) is 18.2 Å². The second-order valence-electron chi connectivity index (χ2n) is 6.66. The molecule has 2 aromatic rings. The van der Waals surface area contributed by atoms with Crippen LogP contribution in [0, 0.1) is 13.8 Å². The van der Waals surface area contributed by atoms with Gasteiger partial charge in [0.2, 0.25) is 5.89 Å². The van der Waals surface area contributed by atoms with Crippen molar-refractivity contribution in [3.63, 3.8) is 0 Å². The van der Waals surface area contributed by atoms with Crippen LogP contribution in [-0.4, -0.2) is 24.1 Å². The molecule has 1 aromatic heterocycles. The Kier molecular flexibility index (Phi) is 6.15. The van der Waals surface area contributed by atoms with Gasteiger partial charge in [0.15, 0.2) is 5.96 Å². The van der Waals surface area contributed by atoms with Gasteiger partial charge in [-0.25, -0.2) is 4.98 Å². The molecule has 1 aromatic carbocycles. The SMILES string of the molecule is CN=C(NCc1nc(C)c(C)o1)NCc1ccccc1OC1CCCC1. The average Bonchev–Trinajstić information content (AvgIpc) is 3.26. The van der Waals surface area contributed by atoms with Crippen LogP contribution in [0.25, 0.3) is 0 Å². The summed E-state index contributed by atoms with van der Waals surface area (Å²) in [6, 6.07) is 8.19. The average molecular weight is 356 g/mol. The molecule has 0 amide bonds. The fourth-order valence-electron chi connectivity index (χ4n) is 3.12. The van der Waals surface area contributed by atoms with E-state index in [9.17, 15) is 0 Å². The molecule has 26 heavy (non-hydrogen) atoms. The molecule has 0 unspecified atom stereocenters. The lowest BCUT2D eigenvalue weighted by atomic mass is 10.2. The van der Waals surface area contributed by atoms with Gasteiger partial charge in [0.25, 0.3) is 0 Å². The van der Waals surface area contributed by atoms with Crippen molar-refractivity contribution in [2.24, 2.45) is 4.99 Å². The van der Waals surface area contributed by atoms with E-state index in [2.05, 4.69) is 26.7 Å². The first-order valence-corrected chi connectivity index (χ1v) is 9.27. The summed E-state index contributed by atoms with van der Waals surface area (Å²) in [6.45, 7) is 5.00. The minimum absolute atomic E-state index is 0.352. The van der Waals surface area contributed by atoms with Crippen LogP contribution < -0.4 is 15.4 Å². The number of aryl methyl sites for hydroxylation is 2. The van der Waals surface area contributed by atoms with Crippen LogP contribution in [0.2, 0.25) is 0 Å². The van der Waals surface area contributed by atoms with Crippen LogP contribution in [0.15, 0.2) is 33.7 Å². The van der Waals surface area contributed by atoms with Crippen LogP contribution in [0.3, 0.4) is 0 Å². The number of hydrogen-bond donors (Lipinski definition) is 2. The Balaban J connectivity index is 1.54. The first-order valence-electron chi connectivity index (χ1n) is 9.27. The van der Waals surface area contributed by atoms with E-state index in [4.69, 9.17) is 9.15 Å². The van der Waals surface area contributed by atoms with Crippen molar-refractivity contribution >= 4 is 5.96 Å². The third-order valence-corrected chi connectivity index (χ3v) is 4.72. The molecular weight excluding hydrogens is 328 g/mol. The van der Waals surface area contributed by atoms with Gasteiger partial charge in [-0.3, -0.25) is 4.99 Å². The molecule has 0 atom stereocenters. The van der Waals surface area contributed by atoms with Crippen molar-refractivity contribution in [2.75, 3.05) is 7.05 Å². The number of nitrogens with one attached hydrogen (secondary N) is 2. The van der Waals surface area contributed by atoms with Crippen molar-refractivity contribution < 1.29 is 9.15 Å². The normalized spacial score (nSPS) is 15.3. The Hall–Kier alpha value is -2.50. The number of nitrogens with zero attached hydrogens (tertiary/aromatic N) is 2. The van der Waals surface area contributed by atoms with E-state index in [0.29, 0.717) is 31.0 Å². The second kappa shape index (κ2) is 8.74. The van der Waals surface area contributed by atoms with E-state index in [-0.39, 0.29) is 0 Å². The Bertz CT molecular complexity index is 729. The topological polar surface area (TPSA) is 71.7 Å². The number of para-hydroxylation sites is 1. The van der Waals surface area contributed by atoms with Crippen molar-refractivity contribution in [1.29, 1.82) is 0 Å². The lowest BCUT2D eigenvalue weighted by Gasteiger charge is -2.17. The van der Waals surface area contributed by atoms with Crippen LogP contribution in [0.4, 0.5) is 0 Å². The number of guanidine groups is 1. The summed E-state index contributed by atoms with van der Waals surface area (Å²) < 4.78 is 11.8. The predicted molar refractivity (Wildman–Crippen MR) is 102 cm³/mol. The highest BCUT2D eigenvalue weighted by atomic mass is 16.5. The number of rotatable bonds is 6. The maximum Gasteiger partial charge on any atom is 0.214 e. The second-order valence-corrected chi connectivity index (χ2v) is 6.66. The lowest BCUT2D eigenvalue weighted by molar-refractivity contribution is 0.208. The summed E-state index contributed by atoms with van der Waals surface area (Å²) in [5, 5.41) is 6.56. The van der Waals surface area contributed by atoms with Crippen molar-refractivity contribution in [1.82, 2.24) is 15.6 Å². The highest BCUT2D eigenvalue weighted by Crippen LogP contribution is 2.26. The van der Waals surface area contributed by atoms with Gasteiger partial charge in [0.05, 0.1) is 18.3 Å². The quantitative estimate of drug-likeness (QED) is 0.612. The van der Waals surface area contributed by atoms with Crippen molar-refractivity contribution in [3.8, 4) is 5.75 Å². The lowest BCUT2D eigenvalue weighted by Crippen LogP contribution is -2.36. The fraction of sp³-hybridized carbons (Fsp3) is 0.500. The molecule has 140 valence electrons. The zero-order chi connectivity index (χ0) is 18.4. The monoisotopic (exact) mass is 356 g/mol. The van der Waals surface area contributed by atoms with E-state index < -0.39 is 0 Å². The molecule has 1 heterocycles. The van der Waals surface area contributed by atoms with Crippen molar-refractivity contribution in [3.05, 3.63) is 47.2 Å². The molecule has 0 aliphatic heterocycles. The molecule has 0 saturated heterocycles. The zero-order valence-electron chi connectivity index (χ0n) is 15.8. The summed E-state index contributed by atoms with van der Waals surface area (Å²) in [5.74, 6) is 3.17. The molecule has 1 saturated carbocycles. The Labute approximate surface area is 155 Å². The predicted octanol–water partition coefficient (Wildman–Crippen LogP) is 3.48. The first-order chi connectivity index (χ1) is 12.7. The molecule has 1 aliphatic carbocycles. The smallest absolute Gasteiger partial charge is 0.214 e. The molecule has 6 nitrogen and oxygen atoms in total. The number of aliphatic imine (C=N–C) groups is 1. The number of benzene rings is 1. The minimum atomic E-state index is 0.352. The fourth-order valence-corrected chi connectivity index (χ4v) is 3.12. The molecule has 2 N–H and O–H groups in total. The molecule has 0 radical (unpaired) electrons. The van der Waals surface area contributed by atoms with Gasteiger partial charge in [0, 0.05) is 19.2 Å². The van der Waals surface area contributed by atoms with Gasteiger partial charge >= 0.3 is 0 Å². The van der Waals surface area contributed by atoms with Crippen LogP contribution >= 0.6 is 0 Å². The number of hydrogen-bond acceptors (Lipinski definition) is 4. The summed E-state index contributed by atoms with van der Waals surface area (Å²) >= 11 is 0. The van der Waals surface area contributed by atoms with Crippen LogP contribution in [-0.2, 0) is 13.1 Å². The van der Waals surface area contributed by atoms with E-state index in [1.54, 1.807) is 7.05 Å². The van der Waals surface area contributed by atoms with Gasteiger partial charge in [-0.15, -0.1) is 0 Å². The minimum Gasteiger partial charge on any atom is -0.490 e. The molecule has 0 bridgehead atoms. The van der Waals surface area contributed by atoms with E-state index in [0.717, 1.165) is 35.6 Å². The summed E-state index contributed by atoms with van der Waals surface area (Å²) in [4.78, 5) is 8.64. The molecule has 3 rings (SSSR count). The highest BCUT2D eigenvalue weighted by molar-refractivity contribution is 5.79. The largest absolute Gasteiger partial charge is 0.490 e. The van der Waals surface area contributed by atoms with E-state index >= 15 is 0 Å². The number of oxazole rings is 1. The van der Waals surface area contributed by atoms with Crippen LogP contribution in [0.5, 0.6) is 5.75 Å². The van der Waals surface area contributed by atoms with Crippen LogP contribution in [0.1, 0.15) is 48.6 Å². The van der Waals surface area contributed by atoms with E-state index in [1.165, 1.54) is 12.8 Å². The summed E-state index contributed by atoms with van der Waals surface area (Å²) in [6.07, 6.45) is 5.19. The number of ether oxygens (including phenoxy) is 1. The first kappa shape index (κ1) is 18.3. The standard InChI is InChI=1S/C20H28N4O2/c1-14-15(2)25-19(24-14)13-23-20(21-3)22-12-16-8-4-7-11-18(16)26-17-9-5-6-10-17/h4,7-8,11,17H,5-6,9-10,12-13H2,1-3H3,(H2,21,22,23). The van der Waals surface area contributed by atoms with E-state index in [1.807, 2.05) is 32.0 Å². The van der Waals surface area contributed by atoms with Crippen molar-refractivity contribution in [2.45, 2.75) is 58.7 Å². The molecule has 0 spiro atoms. The van der Waals surface area contributed by atoms with Gasteiger partial charge in [0.1, 0.15) is 11.5 Å². The maximum atomic E-state index is 6.19. The summed E-state index contributed by atoms with van der Waals surface area (Å²) in [7, 11) is 1.75. The molecule has 1 aliphatic rings. The Morgan fingerprint density at radius 1 is 1.19 bits per heavy atom. The van der Waals surface area contributed by atoms with Gasteiger partial charge in [-0.2, -0.15) is 0 Å². The highest BCUT2D eigenvalue weighted by Gasteiger charge is 2.17. The number of aromatic nitrogens is 1. The zero-order valence-corrected chi connectivity index (χ0v) is 15.8.